The lowest BCUT2D eigenvalue weighted by molar-refractivity contribution is 0.100. The third kappa shape index (κ3) is 3.09. The third-order valence-electron chi connectivity index (χ3n) is 3.31. The Kier molecular flexibility index (Phi) is 4.22. The lowest BCUT2D eigenvalue weighted by Crippen LogP contribution is -2.09. The zero-order chi connectivity index (χ0) is 17.3. The minimum Gasteiger partial charge on any atom is -0.365 e. The Morgan fingerprint density at radius 1 is 1.33 bits per heavy atom. The monoisotopic (exact) mass is 344 g/mol. The summed E-state index contributed by atoms with van der Waals surface area (Å²) in [6.45, 7) is 3.49. The fraction of sp³-hybridized carbons (Fsp3) is 0.125. The molecule has 122 valence electrons. The first-order valence-corrected chi connectivity index (χ1v) is 7.81. The molecule has 3 rings (SSSR count). The molecule has 0 unspecified atom stereocenters. The van der Waals surface area contributed by atoms with E-state index in [-0.39, 0.29) is 0 Å². The number of carbonyl (C=O) groups excluding carboxylic acids is 1. The second-order valence-corrected chi connectivity index (χ2v) is 6.06. The van der Waals surface area contributed by atoms with E-state index < -0.39 is 11.7 Å². The van der Waals surface area contributed by atoms with Crippen molar-refractivity contribution < 1.29 is 13.7 Å². The van der Waals surface area contributed by atoms with Gasteiger partial charge in [0.1, 0.15) is 27.2 Å². The number of nitrogens with zero attached hydrogens (tertiary/aromatic N) is 3. The second-order valence-electron chi connectivity index (χ2n) is 5.03. The van der Waals surface area contributed by atoms with Crippen molar-refractivity contribution in [2.45, 2.75) is 13.8 Å². The number of hydrogen-bond donors (Lipinski definition) is 1. The summed E-state index contributed by atoms with van der Waals surface area (Å²) in [6, 6.07) is 2.84. The van der Waals surface area contributed by atoms with Gasteiger partial charge in [-0.1, -0.05) is 5.16 Å². The van der Waals surface area contributed by atoms with Crippen LogP contribution in [0.5, 0.6) is 0 Å². The number of carbonyl (C=O) groups is 1. The minimum absolute atomic E-state index is 0.423. The Labute approximate surface area is 140 Å². The minimum atomic E-state index is -0.498. The van der Waals surface area contributed by atoms with Gasteiger partial charge in [-0.2, -0.15) is 0 Å². The van der Waals surface area contributed by atoms with Crippen LogP contribution < -0.4 is 5.73 Å². The largest absolute Gasteiger partial charge is 0.365 e. The smallest absolute Gasteiger partial charge is 0.260 e. The SMILES string of the molecule is Cc1nc(C=Cc2c(-c3ccc(F)cn3)noc2C)sc1C(N)=O. The van der Waals surface area contributed by atoms with Crippen LogP contribution in [-0.4, -0.2) is 21.0 Å². The van der Waals surface area contributed by atoms with Crippen LogP contribution in [-0.2, 0) is 0 Å². The molecule has 2 N–H and O–H groups in total. The summed E-state index contributed by atoms with van der Waals surface area (Å²) in [5.74, 6) is -0.328. The molecule has 0 bridgehead atoms. The van der Waals surface area contributed by atoms with Crippen LogP contribution in [0.15, 0.2) is 22.9 Å². The Morgan fingerprint density at radius 3 is 2.75 bits per heavy atom. The average molecular weight is 344 g/mol. The highest BCUT2D eigenvalue weighted by molar-refractivity contribution is 7.14. The Hall–Kier alpha value is -2.87. The van der Waals surface area contributed by atoms with Crippen molar-refractivity contribution in [1.82, 2.24) is 15.1 Å². The van der Waals surface area contributed by atoms with Crippen LogP contribution in [0.25, 0.3) is 23.5 Å². The van der Waals surface area contributed by atoms with Crippen LogP contribution in [0.4, 0.5) is 4.39 Å². The van der Waals surface area contributed by atoms with Gasteiger partial charge in [0.25, 0.3) is 5.91 Å². The van der Waals surface area contributed by atoms with E-state index in [4.69, 9.17) is 10.3 Å². The number of halogens is 1. The molecule has 8 heteroatoms. The van der Waals surface area contributed by atoms with Crippen LogP contribution in [0.2, 0.25) is 0 Å². The molecule has 6 nitrogen and oxygen atoms in total. The molecule has 0 atom stereocenters. The quantitative estimate of drug-likeness (QED) is 0.784. The maximum absolute atomic E-state index is 13.0. The third-order valence-corrected chi connectivity index (χ3v) is 4.45. The average Bonchev–Trinajstić information content (AvgIpc) is 3.09. The first-order chi connectivity index (χ1) is 11.5. The van der Waals surface area contributed by atoms with Crippen LogP contribution >= 0.6 is 11.3 Å². The van der Waals surface area contributed by atoms with Crippen molar-refractivity contribution in [2.75, 3.05) is 0 Å². The van der Waals surface area contributed by atoms with Crippen LogP contribution in [0.3, 0.4) is 0 Å². The molecule has 24 heavy (non-hydrogen) atoms. The summed E-state index contributed by atoms with van der Waals surface area (Å²) < 4.78 is 18.2. The van der Waals surface area contributed by atoms with E-state index in [2.05, 4.69) is 15.1 Å². The van der Waals surface area contributed by atoms with E-state index in [0.29, 0.717) is 38.3 Å². The molecule has 1 amide bonds. The molecular weight excluding hydrogens is 331 g/mol. The van der Waals surface area contributed by atoms with Crippen LogP contribution in [0, 0.1) is 19.7 Å². The van der Waals surface area contributed by atoms with Gasteiger partial charge < -0.3 is 10.3 Å². The number of hydrogen-bond acceptors (Lipinski definition) is 6. The molecule has 0 saturated carbocycles. The highest BCUT2D eigenvalue weighted by Crippen LogP contribution is 2.27. The number of nitrogens with two attached hydrogens (primary N) is 1. The van der Waals surface area contributed by atoms with Gasteiger partial charge in [0.2, 0.25) is 0 Å². The normalized spacial score (nSPS) is 11.3. The molecule has 3 heterocycles. The number of aryl methyl sites for hydroxylation is 2. The van der Waals surface area contributed by atoms with Gasteiger partial charge in [-0.3, -0.25) is 9.78 Å². The molecule has 0 spiro atoms. The lowest BCUT2D eigenvalue weighted by Gasteiger charge is -1.97. The number of pyridine rings is 1. The van der Waals surface area contributed by atoms with Gasteiger partial charge >= 0.3 is 0 Å². The van der Waals surface area contributed by atoms with Crippen molar-refractivity contribution in [1.29, 1.82) is 0 Å². The zero-order valence-corrected chi connectivity index (χ0v) is 13.7. The zero-order valence-electron chi connectivity index (χ0n) is 12.9. The van der Waals surface area contributed by atoms with Crippen molar-refractivity contribution in [2.24, 2.45) is 5.73 Å². The standard InChI is InChI=1S/C16H13FN4O2S/c1-8-15(16(18)22)24-13(20-8)6-4-11-9(2)23-21-14(11)12-5-3-10(17)7-19-12/h3-7H,1-2H3,(H2,18,22). The Balaban J connectivity index is 1.96. The highest BCUT2D eigenvalue weighted by Gasteiger charge is 2.15. The molecular formula is C16H13FN4O2S. The second kappa shape index (κ2) is 6.32. The maximum Gasteiger partial charge on any atom is 0.260 e. The molecule has 3 aromatic heterocycles. The lowest BCUT2D eigenvalue weighted by atomic mass is 10.1. The molecule has 0 aliphatic carbocycles. The summed E-state index contributed by atoms with van der Waals surface area (Å²) in [5, 5.41) is 4.62. The molecule has 0 aromatic carbocycles. The van der Waals surface area contributed by atoms with Gasteiger partial charge in [-0.15, -0.1) is 11.3 Å². The van der Waals surface area contributed by atoms with Gasteiger partial charge in [0, 0.05) is 5.56 Å². The molecule has 0 radical (unpaired) electrons. The van der Waals surface area contributed by atoms with E-state index in [1.807, 2.05) is 0 Å². The van der Waals surface area contributed by atoms with Crippen molar-refractivity contribution in [3.05, 3.63) is 51.0 Å². The number of aromatic nitrogens is 3. The van der Waals surface area contributed by atoms with Gasteiger partial charge in [0.15, 0.2) is 0 Å². The van der Waals surface area contributed by atoms with E-state index in [1.165, 1.54) is 23.5 Å². The summed E-state index contributed by atoms with van der Waals surface area (Å²) in [7, 11) is 0. The molecule has 3 aromatic rings. The summed E-state index contributed by atoms with van der Waals surface area (Å²) in [6.07, 6.45) is 4.64. The van der Waals surface area contributed by atoms with Crippen LogP contribution in [0.1, 0.15) is 31.7 Å². The number of rotatable bonds is 4. The Bertz CT molecular complexity index is 928. The Morgan fingerprint density at radius 2 is 2.12 bits per heavy atom. The van der Waals surface area contributed by atoms with E-state index in [0.717, 1.165) is 6.20 Å². The predicted molar refractivity (Wildman–Crippen MR) is 88.7 cm³/mol. The summed E-state index contributed by atoms with van der Waals surface area (Å²) in [4.78, 5) is 20.0. The fourth-order valence-corrected chi connectivity index (χ4v) is 2.97. The number of thiazole rings is 1. The topological polar surface area (TPSA) is 94.9 Å². The fourth-order valence-electron chi connectivity index (χ4n) is 2.15. The van der Waals surface area contributed by atoms with E-state index in [1.54, 1.807) is 26.0 Å². The first-order valence-electron chi connectivity index (χ1n) is 6.99. The first kappa shape index (κ1) is 16.0. The van der Waals surface area contributed by atoms with Crippen molar-refractivity contribution in [3.63, 3.8) is 0 Å². The molecule has 0 aliphatic heterocycles. The summed E-state index contributed by atoms with van der Waals surface area (Å²) in [5.41, 5.74) is 7.61. The highest BCUT2D eigenvalue weighted by atomic mass is 32.1. The number of primary amides is 1. The van der Waals surface area contributed by atoms with Gasteiger partial charge in [-0.05, 0) is 38.1 Å². The number of amides is 1. The van der Waals surface area contributed by atoms with Gasteiger partial charge in [0.05, 0.1) is 17.6 Å². The maximum atomic E-state index is 13.0. The van der Waals surface area contributed by atoms with Crippen molar-refractivity contribution in [3.8, 4) is 11.4 Å². The van der Waals surface area contributed by atoms with Crippen molar-refractivity contribution >= 4 is 29.4 Å². The predicted octanol–water partition coefficient (Wildman–Crippen LogP) is 3.22. The molecule has 0 fully saturated rings. The summed E-state index contributed by atoms with van der Waals surface area (Å²) >= 11 is 1.21. The van der Waals surface area contributed by atoms with E-state index >= 15 is 0 Å². The van der Waals surface area contributed by atoms with Gasteiger partial charge in [-0.25, -0.2) is 9.37 Å². The van der Waals surface area contributed by atoms with E-state index in [9.17, 15) is 9.18 Å². The molecule has 0 aliphatic rings. The molecule has 0 saturated heterocycles.